The monoisotopic (exact) mass is 228 g/mol. The summed E-state index contributed by atoms with van der Waals surface area (Å²) >= 11 is 0. The molecule has 0 saturated carbocycles. The first-order valence-corrected chi connectivity index (χ1v) is 5.15. The summed E-state index contributed by atoms with van der Waals surface area (Å²) in [4.78, 5) is 24.4. The number of hydrogen-bond acceptors (Lipinski definition) is 3. The van der Waals surface area contributed by atoms with Crippen molar-refractivity contribution in [2.24, 2.45) is 0 Å². The van der Waals surface area contributed by atoms with Gasteiger partial charge in [-0.1, -0.05) is 0 Å². The van der Waals surface area contributed by atoms with Crippen LogP contribution in [0.1, 0.15) is 30.8 Å². The molecule has 6 nitrogen and oxygen atoms in total. The summed E-state index contributed by atoms with van der Waals surface area (Å²) in [6, 6.07) is 0. The highest BCUT2D eigenvalue weighted by Gasteiger charge is 2.12. The van der Waals surface area contributed by atoms with E-state index >= 15 is 0 Å². The maximum absolute atomic E-state index is 11.3. The Hall–Kier alpha value is -1.56. The van der Waals surface area contributed by atoms with Crippen molar-refractivity contribution >= 4 is 5.97 Å². The van der Waals surface area contributed by atoms with E-state index in [-0.39, 0.29) is 11.8 Å². The Morgan fingerprint density at radius 3 is 2.88 bits per heavy atom. The molecule has 0 aliphatic rings. The molecular weight excluding hydrogens is 212 g/mol. The summed E-state index contributed by atoms with van der Waals surface area (Å²) in [6.45, 7) is 4.70. The van der Waals surface area contributed by atoms with Gasteiger partial charge in [0.15, 0.2) is 0 Å². The molecule has 0 aliphatic carbocycles. The van der Waals surface area contributed by atoms with Gasteiger partial charge in [-0.15, -0.1) is 0 Å². The minimum Gasteiger partial charge on any atom is -0.477 e. The van der Waals surface area contributed by atoms with Crippen LogP contribution in [0.2, 0.25) is 0 Å². The molecule has 0 aromatic carbocycles. The summed E-state index contributed by atoms with van der Waals surface area (Å²) < 4.78 is 6.51. The van der Waals surface area contributed by atoms with Crippen LogP contribution in [-0.4, -0.2) is 33.3 Å². The van der Waals surface area contributed by atoms with Crippen molar-refractivity contribution in [1.82, 2.24) is 9.55 Å². The topological polar surface area (TPSA) is 84.3 Å². The minimum atomic E-state index is -1.11. The molecule has 1 heterocycles. The molecule has 6 heteroatoms. The van der Waals surface area contributed by atoms with E-state index in [0.29, 0.717) is 19.6 Å². The van der Waals surface area contributed by atoms with Crippen LogP contribution in [-0.2, 0) is 11.3 Å². The van der Waals surface area contributed by atoms with E-state index < -0.39 is 11.7 Å². The van der Waals surface area contributed by atoms with Gasteiger partial charge in [0.2, 0.25) is 0 Å². The molecule has 0 fully saturated rings. The summed E-state index contributed by atoms with van der Waals surface area (Å²) in [5.74, 6) is -1.11. The van der Waals surface area contributed by atoms with Crippen molar-refractivity contribution in [2.45, 2.75) is 32.9 Å². The summed E-state index contributed by atoms with van der Waals surface area (Å²) in [7, 11) is 0. The first-order chi connectivity index (χ1) is 7.52. The Bertz CT molecular complexity index is 405. The molecule has 1 aromatic rings. The standard InChI is InChI=1S/C10H16N2O4/c1-7(2)16-5-3-4-12-8(9(13)14)6-11-10(12)15/h6-7H,3-5H2,1-2H3,(H,11,15)(H,13,14). The maximum Gasteiger partial charge on any atom is 0.354 e. The molecule has 0 aliphatic heterocycles. The second kappa shape index (κ2) is 5.50. The molecule has 1 rings (SSSR count). The van der Waals surface area contributed by atoms with Crippen molar-refractivity contribution in [2.75, 3.05) is 6.61 Å². The van der Waals surface area contributed by atoms with Crippen LogP contribution in [0.15, 0.2) is 11.0 Å². The Morgan fingerprint density at radius 1 is 1.62 bits per heavy atom. The van der Waals surface area contributed by atoms with Crippen LogP contribution >= 0.6 is 0 Å². The van der Waals surface area contributed by atoms with Crippen molar-refractivity contribution < 1.29 is 14.6 Å². The molecule has 1 aromatic heterocycles. The van der Waals surface area contributed by atoms with Gasteiger partial charge in [0.25, 0.3) is 0 Å². The summed E-state index contributed by atoms with van der Waals surface area (Å²) in [5.41, 5.74) is -0.420. The van der Waals surface area contributed by atoms with Gasteiger partial charge in [0.05, 0.1) is 6.10 Å². The van der Waals surface area contributed by atoms with Crippen LogP contribution in [0, 0.1) is 0 Å². The number of aromatic nitrogens is 2. The van der Waals surface area contributed by atoms with Crippen molar-refractivity contribution in [1.29, 1.82) is 0 Å². The van der Waals surface area contributed by atoms with Crippen LogP contribution in [0.25, 0.3) is 0 Å². The molecule has 0 unspecified atom stereocenters. The maximum atomic E-state index is 11.3. The average Bonchev–Trinajstić information content (AvgIpc) is 2.54. The Labute approximate surface area is 92.9 Å². The van der Waals surface area contributed by atoms with Crippen LogP contribution < -0.4 is 5.69 Å². The van der Waals surface area contributed by atoms with E-state index in [2.05, 4.69) is 4.98 Å². The third-order valence-corrected chi connectivity index (χ3v) is 2.06. The molecule has 16 heavy (non-hydrogen) atoms. The predicted molar refractivity (Wildman–Crippen MR) is 57.7 cm³/mol. The highest BCUT2D eigenvalue weighted by molar-refractivity contribution is 5.85. The zero-order valence-corrected chi connectivity index (χ0v) is 9.40. The summed E-state index contributed by atoms with van der Waals surface area (Å²) in [6.07, 6.45) is 1.95. The van der Waals surface area contributed by atoms with Gasteiger partial charge in [0, 0.05) is 19.3 Å². The largest absolute Gasteiger partial charge is 0.477 e. The van der Waals surface area contributed by atoms with Crippen molar-refractivity contribution in [3.05, 3.63) is 22.4 Å². The third kappa shape index (κ3) is 3.23. The zero-order valence-electron chi connectivity index (χ0n) is 9.40. The number of aromatic amines is 1. The van der Waals surface area contributed by atoms with Crippen LogP contribution in [0.5, 0.6) is 0 Å². The Balaban J connectivity index is 2.56. The fraction of sp³-hybridized carbons (Fsp3) is 0.600. The number of imidazole rings is 1. The van der Waals surface area contributed by atoms with Crippen molar-refractivity contribution in [3.63, 3.8) is 0 Å². The van der Waals surface area contributed by atoms with E-state index in [9.17, 15) is 9.59 Å². The first kappa shape index (κ1) is 12.5. The number of carbonyl (C=O) groups is 1. The van der Waals surface area contributed by atoms with Gasteiger partial charge in [-0.05, 0) is 20.3 Å². The molecule has 0 radical (unpaired) electrons. The van der Waals surface area contributed by atoms with E-state index in [1.165, 1.54) is 10.8 Å². The van der Waals surface area contributed by atoms with E-state index in [1.807, 2.05) is 13.8 Å². The highest BCUT2D eigenvalue weighted by Crippen LogP contribution is 1.98. The van der Waals surface area contributed by atoms with E-state index in [4.69, 9.17) is 9.84 Å². The molecule has 2 N–H and O–H groups in total. The number of nitrogens with zero attached hydrogens (tertiary/aromatic N) is 1. The number of nitrogens with one attached hydrogen (secondary N) is 1. The second-order valence-corrected chi connectivity index (χ2v) is 3.71. The lowest BCUT2D eigenvalue weighted by Gasteiger charge is -2.07. The SMILES string of the molecule is CC(C)OCCCn1c(C(=O)O)c[nH]c1=O. The lowest BCUT2D eigenvalue weighted by molar-refractivity contribution is 0.0668. The molecular formula is C10H16N2O4. The second-order valence-electron chi connectivity index (χ2n) is 3.71. The number of carboxylic acids is 1. The van der Waals surface area contributed by atoms with Gasteiger partial charge >= 0.3 is 11.7 Å². The predicted octanol–water partition coefficient (Wildman–Crippen LogP) is 0.690. The molecule has 0 bridgehead atoms. The minimum absolute atomic E-state index is 0.0189. The fourth-order valence-electron chi connectivity index (χ4n) is 1.34. The number of aromatic carboxylic acids is 1. The quantitative estimate of drug-likeness (QED) is 0.701. The number of carboxylic acid groups (broad SMARTS) is 1. The van der Waals surface area contributed by atoms with Gasteiger partial charge in [-0.25, -0.2) is 9.59 Å². The number of ether oxygens (including phenoxy) is 1. The number of hydrogen-bond donors (Lipinski definition) is 2. The number of H-pyrrole nitrogens is 1. The molecule has 90 valence electrons. The Morgan fingerprint density at radius 2 is 2.31 bits per heavy atom. The normalized spacial score (nSPS) is 10.9. The number of rotatable bonds is 6. The van der Waals surface area contributed by atoms with Gasteiger partial charge in [0.1, 0.15) is 5.69 Å². The molecule has 0 atom stereocenters. The van der Waals surface area contributed by atoms with E-state index in [0.717, 1.165) is 0 Å². The van der Waals surface area contributed by atoms with Gasteiger partial charge in [-0.3, -0.25) is 4.57 Å². The first-order valence-electron chi connectivity index (χ1n) is 5.15. The lowest BCUT2D eigenvalue weighted by Crippen LogP contribution is -2.22. The molecule has 0 saturated heterocycles. The van der Waals surface area contributed by atoms with Crippen LogP contribution in [0.3, 0.4) is 0 Å². The average molecular weight is 228 g/mol. The molecule has 0 spiro atoms. The highest BCUT2D eigenvalue weighted by atomic mass is 16.5. The van der Waals surface area contributed by atoms with Crippen molar-refractivity contribution in [3.8, 4) is 0 Å². The smallest absolute Gasteiger partial charge is 0.354 e. The Kier molecular flexibility index (Phi) is 4.30. The molecule has 0 amide bonds. The van der Waals surface area contributed by atoms with Gasteiger partial charge in [-0.2, -0.15) is 0 Å². The summed E-state index contributed by atoms with van der Waals surface area (Å²) in [5, 5.41) is 8.81. The van der Waals surface area contributed by atoms with Crippen LogP contribution in [0.4, 0.5) is 0 Å². The fourth-order valence-corrected chi connectivity index (χ4v) is 1.34. The lowest BCUT2D eigenvalue weighted by atomic mass is 10.4. The van der Waals surface area contributed by atoms with E-state index in [1.54, 1.807) is 0 Å². The zero-order chi connectivity index (χ0) is 12.1. The third-order valence-electron chi connectivity index (χ3n) is 2.06. The van der Waals surface area contributed by atoms with Gasteiger partial charge < -0.3 is 14.8 Å².